The number of hydrogen-bond donors (Lipinski definition) is 1. The van der Waals surface area contributed by atoms with Crippen molar-refractivity contribution in [2.24, 2.45) is 0 Å². The highest BCUT2D eigenvalue weighted by Crippen LogP contribution is 2.11. The lowest BCUT2D eigenvalue weighted by atomic mass is 10.2. The number of nitrogens with zero attached hydrogens (tertiary/aromatic N) is 1. The fourth-order valence-corrected chi connectivity index (χ4v) is 2.31. The van der Waals surface area contributed by atoms with Gasteiger partial charge in [-0.3, -0.25) is 9.59 Å². The summed E-state index contributed by atoms with van der Waals surface area (Å²) in [5.41, 5.74) is 1.35. The highest BCUT2D eigenvalue weighted by atomic mass is 19.1. The van der Waals surface area contributed by atoms with Gasteiger partial charge in [0, 0.05) is 32.1 Å². The molecule has 0 heterocycles. The van der Waals surface area contributed by atoms with Crippen LogP contribution in [-0.4, -0.2) is 36.9 Å². The number of carbonyl (C=O) groups is 2. The predicted molar refractivity (Wildman–Crippen MR) is 92.8 cm³/mol. The quantitative estimate of drug-likeness (QED) is 0.840. The third-order valence-corrected chi connectivity index (χ3v) is 3.75. The molecule has 0 aliphatic carbocycles. The maximum atomic E-state index is 12.9. The summed E-state index contributed by atoms with van der Waals surface area (Å²) in [7, 11) is 1.56. The van der Waals surface area contributed by atoms with E-state index in [1.54, 1.807) is 48.4 Å². The Morgan fingerprint density at radius 2 is 1.72 bits per heavy atom. The summed E-state index contributed by atoms with van der Waals surface area (Å²) in [5.74, 6) is 0.0411. The van der Waals surface area contributed by atoms with Crippen LogP contribution in [0.5, 0.6) is 5.75 Å². The molecule has 25 heavy (non-hydrogen) atoms. The van der Waals surface area contributed by atoms with E-state index in [2.05, 4.69) is 5.32 Å². The van der Waals surface area contributed by atoms with Gasteiger partial charge in [-0.2, -0.15) is 0 Å². The maximum Gasteiger partial charge on any atom is 0.251 e. The molecule has 0 fully saturated rings. The molecule has 0 aliphatic heterocycles. The van der Waals surface area contributed by atoms with E-state index in [9.17, 15) is 14.0 Å². The molecule has 0 saturated carbocycles. The Kier molecular flexibility index (Phi) is 6.51. The molecule has 0 atom stereocenters. The number of carbonyl (C=O) groups excluding carboxylic acids is 2. The molecule has 6 heteroatoms. The standard InChI is InChI=1S/C19H21FN2O3/c1-14(23)22(13-15-3-7-17(20)8-4-15)12-11-21-19(24)16-5-9-18(25-2)10-6-16/h3-10H,11-13H2,1-2H3,(H,21,24). The van der Waals surface area contributed by atoms with Crippen LogP contribution in [0.2, 0.25) is 0 Å². The first-order valence-corrected chi connectivity index (χ1v) is 7.92. The molecule has 0 aliphatic rings. The lowest BCUT2D eigenvalue weighted by molar-refractivity contribution is -0.129. The van der Waals surface area contributed by atoms with Crippen molar-refractivity contribution in [1.29, 1.82) is 0 Å². The minimum Gasteiger partial charge on any atom is -0.497 e. The van der Waals surface area contributed by atoms with Gasteiger partial charge in [0.25, 0.3) is 5.91 Å². The molecule has 2 aromatic rings. The number of hydrogen-bond acceptors (Lipinski definition) is 3. The first-order chi connectivity index (χ1) is 12.0. The monoisotopic (exact) mass is 344 g/mol. The largest absolute Gasteiger partial charge is 0.497 e. The van der Waals surface area contributed by atoms with Gasteiger partial charge in [-0.25, -0.2) is 4.39 Å². The molecule has 0 saturated heterocycles. The number of methoxy groups -OCH3 is 1. The topological polar surface area (TPSA) is 58.6 Å². The molecule has 5 nitrogen and oxygen atoms in total. The van der Waals surface area contributed by atoms with Crippen molar-refractivity contribution in [2.75, 3.05) is 20.2 Å². The number of ether oxygens (including phenoxy) is 1. The number of rotatable bonds is 7. The number of nitrogens with one attached hydrogen (secondary N) is 1. The number of halogens is 1. The van der Waals surface area contributed by atoms with Gasteiger partial charge in [0.05, 0.1) is 7.11 Å². The molecule has 2 aromatic carbocycles. The van der Waals surface area contributed by atoms with Crippen molar-refractivity contribution in [1.82, 2.24) is 10.2 Å². The zero-order valence-corrected chi connectivity index (χ0v) is 14.3. The second-order valence-electron chi connectivity index (χ2n) is 5.55. The molecular formula is C19H21FN2O3. The van der Waals surface area contributed by atoms with Crippen LogP contribution in [0, 0.1) is 5.82 Å². The van der Waals surface area contributed by atoms with Crippen LogP contribution in [-0.2, 0) is 11.3 Å². The zero-order valence-electron chi connectivity index (χ0n) is 14.3. The minimum absolute atomic E-state index is 0.108. The fraction of sp³-hybridized carbons (Fsp3) is 0.263. The second-order valence-corrected chi connectivity index (χ2v) is 5.55. The lowest BCUT2D eigenvalue weighted by Crippen LogP contribution is -2.37. The third-order valence-electron chi connectivity index (χ3n) is 3.75. The number of benzene rings is 2. The van der Waals surface area contributed by atoms with E-state index in [1.165, 1.54) is 19.1 Å². The normalized spacial score (nSPS) is 10.2. The van der Waals surface area contributed by atoms with Gasteiger partial charge in [0.1, 0.15) is 11.6 Å². The molecule has 0 aromatic heterocycles. The molecule has 2 amide bonds. The van der Waals surface area contributed by atoms with Crippen molar-refractivity contribution >= 4 is 11.8 Å². The Bertz CT molecular complexity index is 714. The minimum atomic E-state index is -0.315. The van der Waals surface area contributed by atoms with Crippen molar-refractivity contribution < 1.29 is 18.7 Å². The average Bonchev–Trinajstić information content (AvgIpc) is 2.62. The Morgan fingerprint density at radius 1 is 1.08 bits per heavy atom. The van der Waals surface area contributed by atoms with Crippen molar-refractivity contribution in [3.63, 3.8) is 0 Å². The highest BCUT2D eigenvalue weighted by molar-refractivity contribution is 5.94. The van der Waals surface area contributed by atoms with Gasteiger partial charge in [0.15, 0.2) is 0 Å². The molecule has 0 unspecified atom stereocenters. The third kappa shape index (κ3) is 5.60. The summed E-state index contributed by atoms with van der Waals surface area (Å²) in [4.78, 5) is 25.4. The Morgan fingerprint density at radius 3 is 2.28 bits per heavy atom. The molecule has 0 radical (unpaired) electrons. The SMILES string of the molecule is COc1ccc(C(=O)NCCN(Cc2ccc(F)cc2)C(C)=O)cc1. The van der Waals surface area contributed by atoms with Gasteiger partial charge in [0.2, 0.25) is 5.91 Å². The van der Waals surface area contributed by atoms with Crippen LogP contribution in [0.4, 0.5) is 4.39 Å². The van der Waals surface area contributed by atoms with E-state index < -0.39 is 0 Å². The summed E-state index contributed by atoms with van der Waals surface area (Å²) < 4.78 is 18.0. The Balaban J connectivity index is 1.86. The maximum absolute atomic E-state index is 12.9. The molecule has 2 rings (SSSR count). The van der Waals surface area contributed by atoms with Crippen LogP contribution in [0.25, 0.3) is 0 Å². The van der Waals surface area contributed by atoms with E-state index >= 15 is 0 Å². The first kappa shape index (κ1) is 18.4. The van der Waals surface area contributed by atoms with Gasteiger partial charge in [-0.1, -0.05) is 12.1 Å². The number of amides is 2. The van der Waals surface area contributed by atoms with Gasteiger partial charge in [-0.15, -0.1) is 0 Å². The molecule has 0 bridgehead atoms. The smallest absolute Gasteiger partial charge is 0.251 e. The predicted octanol–water partition coefficient (Wildman–Crippen LogP) is 2.61. The van der Waals surface area contributed by atoms with Crippen LogP contribution in [0.3, 0.4) is 0 Å². The van der Waals surface area contributed by atoms with E-state index in [-0.39, 0.29) is 17.6 Å². The van der Waals surface area contributed by atoms with Crippen molar-refractivity contribution in [3.8, 4) is 5.75 Å². The summed E-state index contributed by atoms with van der Waals surface area (Å²) in [6, 6.07) is 12.8. The summed E-state index contributed by atoms with van der Waals surface area (Å²) in [6.07, 6.45) is 0. The van der Waals surface area contributed by atoms with Crippen LogP contribution >= 0.6 is 0 Å². The summed E-state index contributed by atoms with van der Waals surface area (Å²) >= 11 is 0. The lowest BCUT2D eigenvalue weighted by Gasteiger charge is -2.21. The molecule has 132 valence electrons. The van der Waals surface area contributed by atoms with Gasteiger partial charge >= 0.3 is 0 Å². The van der Waals surface area contributed by atoms with Crippen LogP contribution in [0.1, 0.15) is 22.8 Å². The average molecular weight is 344 g/mol. The van der Waals surface area contributed by atoms with Crippen molar-refractivity contribution in [3.05, 3.63) is 65.5 Å². The van der Waals surface area contributed by atoms with Crippen LogP contribution in [0.15, 0.2) is 48.5 Å². The van der Waals surface area contributed by atoms with E-state index in [0.717, 1.165) is 5.56 Å². The van der Waals surface area contributed by atoms with Gasteiger partial charge in [-0.05, 0) is 42.0 Å². The van der Waals surface area contributed by atoms with E-state index in [4.69, 9.17) is 4.74 Å². The molecule has 0 spiro atoms. The molecule has 1 N–H and O–H groups in total. The fourth-order valence-electron chi connectivity index (χ4n) is 2.31. The Labute approximate surface area is 146 Å². The second kappa shape index (κ2) is 8.82. The van der Waals surface area contributed by atoms with Crippen LogP contribution < -0.4 is 10.1 Å². The molecular weight excluding hydrogens is 323 g/mol. The zero-order chi connectivity index (χ0) is 18.2. The van der Waals surface area contributed by atoms with E-state index in [1.807, 2.05) is 0 Å². The first-order valence-electron chi connectivity index (χ1n) is 7.92. The highest BCUT2D eigenvalue weighted by Gasteiger charge is 2.11. The summed E-state index contributed by atoms with van der Waals surface area (Å²) in [6.45, 7) is 2.53. The van der Waals surface area contributed by atoms with Crippen molar-refractivity contribution in [2.45, 2.75) is 13.5 Å². The Hall–Kier alpha value is -2.89. The van der Waals surface area contributed by atoms with Gasteiger partial charge < -0.3 is 15.0 Å². The summed E-state index contributed by atoms with van der Waals surface area (Å²) in [5, 5.41) is 2.78. The van der Waals surface area contributed by atoms with E-state index in [0.29, 0.717) is 30.9 Å².